The summed E-state index contributed by atoms with van der Waals surface area (Å²) >= 11 is 0. The molecule has 1 amide bonds. The lowest BCUT2D eigenvalue weighted by Gasteiger charge is -2.21. The quantitative estimate of drug-likeness (QED) is 0.367. The van der Waals surface area contributed by atoms with Crippen LogP contribution in [-0.2, 0) is 19.1 Å². The van der Waals surface area contributed by atoms with E-state index in [0.717, 1.165) is 12.8 Å². The van der Waals surface area contributed by atoms with Crippen molar-refractivity contribution in [2.24, 2.45) is 4.99 Å². The van der Waals surface area contributed by atoms with Crippen LogP contribution < -0.4 is 0 Å². The molecule has 0 aromatic carbocycles. The number of aliphatic imine (C=N–C) groups is 1. The molecule has 0 radical (unpaired) electrons. The summed E-state index contributed by atoms with van der Waals surface area (Å²) in [6.07, 6.45) is 2.98. The van der Waals surface area contributed by atoms with Crippen molar-refractivity contribution in [1.82, 2.24) is 4.90 Å². The third-order valence-corrected chi connectivity index (χ3v) is 2.27. The molecule has 18 heavy (non-hydrogen) atoms. The van der Waals surface area contributed by atoms with Gasteiger partial charge < -0.3 is 9.64 Å². The SMILES string of the molecule is CCCN(CCC)C(=O)COC(=O)C(C)N=C=O. The van der Waals surface area contributed by atoms with Gasteiger partial charge in [-0.25, -0.2) is 9.59 Å². The number of rotatable bonds is 8. The molecule has 0 aliphatic rings. The van der Waals surface area contributed by atoms with E-state index in [2.05, 4.69) is 4.99 Å². The number of isocyanates is 1. The zero-order chi connectivity index (χ0) is 14.0. The average Bonchev–Trinajstić information content (AvgIpc) is 2.35. The molecule has 1 unspecified atom stereocenters. The Morgan fingerprint density at radius 1 is 1.28 bits per heavy atom. The Morgan fingerprint density at radius 2 is 1.83 bits per heavy atom. The molecule has 0 aromatic rings. The van der Waals surface area contributed by atoms with Gasteiger partial charge in [0.1, 0.15) is 0 Å². The smallest absolute Gasteiger partial charge is 0.332 e. The van der Waals surface area contributed by atoms with Gasteiger partial charge in [0, 0.05) is 13.1 Å². The molecule has 0 bridgehead atoms. The van der Waals surface area contributed by atoms with E-state index in [-0.39, 0.29) is 12.5 Å². The molecule has 0 aliphatic carbocycles. The van der Waals surface area contributed by atoms with E-state index in [4.69, 9.17) is 4.74 Å². The number of ether oxygens (including phenoxy) is 1. The van der Waals surface area contributed by atoms with Gasteiger partial charge in [0.05, 0.1) is 0 Å². The summed E-state index contributed by atoms with van der Waals surface area (Å²) in [6.45, 7) is 6.34. The fraction of sp³-hybridized carbons (Fsp3) is 0.750. The summed E-state index contributed by atoms with van der Waals surface area (Å²) in [5, 5.41) is 0. The third kappa shape index (κ3) is 6.15. The lowest BCUT2D eigenvalue weighted by atomic mass is 10.3. The molecule has 0 aromatic heterocycles. The second-order valence-electron chi connectivity index (χ2n) is 3.88. The molecule has 6 heteroatoms. The number of hydrogen-bond acceptors (Lipinski definition) is 5. The van der Waals surface area contributed by atoms with Crippen LogP contribution in [0.25, 0.3) is 0 Å². The Hall–Kier alpha value is -1.68. The van der Waals surface area contributed by atoms with Crippen molar-refractivity contribution in [3.8, 4) is 0 Å². The number of esters is 1. The molecule has 0 rings (SSSR count). The molecule has 0 saturated carbocycles. The molecule has 0 fully saturated rings. The third-order valence-electron chi connectivity index (χ3n) is 2.27. The predicted molar refractivity (Wildman–Crippen MR) is 65.7 cm³/mol. The molecule has 0 spiro atoms. The Labute approximate surface area is 107 Å². The highest BCUT2D eigenvalue weighted by Gasteiger charge is 2.17. The van der Waals surface area contributed by atoms with Crippen LogP contribution in [0.2, 0.25) is 0 Å². The summed E-state index contributed by atoms with van der Waals surface area (Å²) in [7, 11) is 0. The average molecular weight is 256 g/mol. The highest BCUT2D eigenvalue weighted by Crippen LogP contribution is 1.98. The molecule has 6 nitrogen and oxygen atoms in total. The minimum absolute atomic E-state index is 0.227. The van der Waals surface area contributed by atoms with Crippen molar-refractivity contribution < 1.29 is 19.1 Å². The van der Waals surface area contributed by atoms with E-state index in [0.29, 0.717) is 13.1 Å². The first kappa shape index (κ1) is 16.3. The van der Waals surface area contributed by atoms with Gasteiger partial charge in [-0.15, -0.1) is 0 Å². The number of nitrogens with zero attached hydrogens (tertiary/aromatic N) is 2. The monoisotopic (exact) mass is 256 g/mol. The van der Waals surface area contributed by atoms with Crippen LogP contribution in [0.1, 0.15) is 33.6 Å². The molecular weight excluding hydrogens is 236 g/mol. The molecular formula is C12H20N2O4. The van der Waals surface area contributed by atoms with Crippen molar-refractivity contribution in [1.29, 1.82) is 0 Å². The summed E-state index contributed by atoms with van der Waals surface area (Å²) in [4.78, 5) is 37.9. The lowest BCUT2D eigenvalue weighted by Crippen LogP contribution is -2.36. The van der Waals surface area contributed by atoms with Crippen molar-refractivity contribution in [3.63, 3.8) is 0 Å². The number of carbonyl (C=O) groups is 2. The first-order chi connectivity index (χ1) is 8.56. The summed E-state index contributed by atoms with van der Waals surface area (Å²) in [6, 6.07) is -0.916. The molecule has 0 N–H and O–H groups in total. The van der Waals surface area contributed by atoms with Gasteiger partial charge >= 0.3 is 5.97 Å². The summed E-state index contributed by atoms with van der Waals surface area (Å²) < 4.78 is 4.79. The van der Waals surface area contributed by atoms with Crippen LogP contribution >= 0.6 is 0 Å². The van der Waals surface area contributed by atoms with Crippen molar-refractivity contribution >= 4 is 18.0 Å². The van der Waals surface area contributed by atoms with Crippen molar-refractivity contribution in [2.45, 2.75) is 39.7 Å². The molecule has 0 heterocycles. The molecule has 0 aliphatic heterocycles. The molecule has 0 saturated heterocycles. The van der Waals surface area contributed by atoms with Crippen LogP contribution in [0.3, 0.4) is 0 Å². The van der Waals surface area contributed by atoms with Gasteiger partial charge in [-0.05, 0) is 19.8 Å². The summed E-state index contributed by atoms with van der Waals surface area (Å²) in [5.74, 6) is -0.922. The zero-order valence-corrected chi connectivity index (χ0v) is 11.1. The second kappa shape index (κ2) is 9.36. The maximum Gasteiger partial charge on any atom is 0.332 e. The Morgan fingerprint density at radius 3 is 2.28 bits per heavy atom. The minimum Gasteiger partial charge on any atom is -0.454 e. The van der Waals surface area contributed by atoms with Crippen LogP contribution in [-0.4, -0.2) is 48.6 Å². The number of hydrogen-bond donors (Lipinski definition) is 0. The van der Waals surface area contributed by atoms with Gasteiger partial charge in [0.2, 0.25) is 6.08 Å². The van der Waals surface area contributed by atoms with Gasteiger partial charge in [0.25, 0.3) is 5.91 Å². The molecule has 102 valence electrons. The maximum atomic E-state index is 11.7. The predicted octanol–water partition coefficient (Wildman–Crippen LogP) is 0.903. The van der Waals surface area contributed by atoms with E-state index in [1.807, 2.05) is 13.8 Å². The Balaban J connectivity index is 4.21. The number of carbonyl (C=O) groups excluding carboxylic acids is 3. The fourth-order valence-corrected chi connectivity index (χ4v) is 1.38. The van der Waals surface area contributed by atoms with E-state index >= 15 is 0 Å². The minimum atomic E-state index is -0.916. The van der Waals surface area contributed by atoms with E-state index in [1.54, 1.807) is 4.90 Å². The van der Waals surface area contributed by atoms with E-state index in [9.17, 15) is 14.4 Å². The second-order valence-corrected chi connectivity index (χ2v) is 3.88. The normalized spacial score (nSPS) is 11.3. The van der Waals surface area contributed by atoms with Crippen LogP contribution in [0.4, 0.5) is 0 Å². The van der Waals surface area contributed by atoms with Gasteiger partial charge in [0.15, 0.2) is 12.6 Å². The van der Waals surface area contributed by atoms with E-state index in [1.165, 1.54) is 13.0 Å². The highest BCUT2D eigenvalue weighted by molar-refractivity contribution is 5.82. The molecule has 1 atom stereocenters. The lowest BCUT2D eigenvalue weighted by molar-refractivity contribution is -0.152. The van der Waals surface area contributed by atoms with Crippen LogP contribution in [0.5, 0.6) is 0 Å². The van der Waals surface area contributed by atoms with Gasteiger partial charge in [-0.3, -0.25) is 4.79 Å². The topological polar surface area (TPSA) is 76.0 Å². The van der Waals surface area contributed by atoms with Crippen LogP contribution in [0.15, 0.2) is 4.99 Å². The fourth-order valence-electron chi connectivity index (χ4n) is 1.38. The van der Waals surface area contributed by atoms with E-state index < -0.39 is 12.0 Å². The van der Waals surface area contributed by atoms with Crippen LogP contribution in [0, 0.1) is 0 Å². The first-order valence-electron chi connectivity index (χ1n) is 6.08. The first-order valence-corrected chi connectivity index (χ1v) is 6.08. The Kier molecular flexibility index (Phi) is 8.49. The van der Waals surface area contributed by atoms with Crippen molar-refractivity contribution in [2.75, 3.05) is 19.7 Å². The van der Waals surface area contributed by atoms with Gasteiger partial charge in [-0.2, -0.15) is 4.99 Å². The Bertz CT molecular complexity index is 318. The van der Waals surface area contributed by atoms with Crippen molar-refractivity contribution in [3.05, 3.63) is 0 Å². The largest absolute Gasteiger partial charge is 0.454 e. The maximum absolute atomic E-state index is 11.7. The number of amides is 1. The zero-order valence-electron chi connectivity index (χ0n) is 11.1. The summed E-state index contributed by atoms with van der Waals surface area (Å²) in [5.41, 5.74) is 0. The van der Waals surface area contributed by atoms with Gasteiger partial charge in [-0.1, -0.05) is 13.8 Å². The highest BCUT2D eigenvalue weighted by atomic mass is 16.5. The standard InChI is InChI=1S/C12H20N2O4/c1-4-6-14(7-5-2)11(16)8-18-12(17)10(3)13-9-15/h10H,4-8H2,1-3H3.